The van der Waals surface area contributed by atoms with Crippen LogP contribution in [-0.2, 0) is 14.8 Å². The molecule has 6 nitrogen and oxygen atoms in total. The number of carbonyl (C=O) groups is 1. The molecule has 1 atom stereocenters. The van der Waals surface area contributed by atoms with Crippen molar-refractivity contribution >= 4 is 27.7 Å². The van der Waals surface area contributed by atoms with Crippen LogP contribution in [0.15, 0.2) is 35.2 Å². The molecular formula is C13H18N2O4S2. The Bertz CT molecular complexity index is 616. The molecule has 1 saturated heterocycles. The Balaban J connectivity index is 2.47. The third-order valence-electron chi connectivity index (χ3n) is 3.44. The van der Waals surface area contributed by atoms with E-state index in [1.165, 1.54) is 28.2 Å². The molecule has 0 saturated carbocycles. The minimum absolute atomic E-state index is 0.142. The van der Waals surface area contributed by atoms with Gasteiger partial charge in [0.05, 0.1) is 4.90 Å². The third-order valence-corrected chi connectivity index (χ3v) is 6.67. The molecule has 0 spiro atoms. The predicted octanol–water partition coefficient (Wildman–Crippen LogP) is 1.08. The van der Waals surface area contributed by atoms with E-state index in [9.17, 15) is 13.2 Å². The van der Waals surface area contributed by atoms with Gasteiger partial charge in [0.25, 0.3) is 5.91 Å². The number of nitrogens with zero attached hydrogens (tertiary/aromatic N) is 1. The number of sulfonamides is 1. The molecule has 1 aliphatic rings. The number of hydroxylamine groups is 1. The molecule has 1 heterocycles. The van der Waals surface area contributed by atoms with Gasteiger partial charge in [0, 0.05) is 17.0 Å². The van der Waals surface area contributed by atoms with E-state index in [4.69, 9.17) is 5.21 Å². The summed E-state index contributed by atoms with van der Waals surface area (Å²) in [5, 5.41) is 8.94. The Morgan fingerprint density at radius 3 is 2.57 bits per heavy atom. The first-order valence-electron chi connectivity index (χ1n) is 6.45. The lowest BCUT2D eigenvalue weighted by molar-refractivity contribution is -0.134. The van der Waals surface area contributed by atoms with Crippen molar-refractivity contribution in [2.45, 2.75) is 29.5 Å². The van der Waals surface area contributed by atoms with Gasteiger partial charge in [-0.25, -0.2) is 13.9 Å². The Kier molecular flexibility index (Phi) is 4.62. The van der Waals surface area contributed by atoms with Crippen LogP contribution in [0.3, 0.4) is 0 Å². The van der Waals surface area contributed by atoms with Crippen molar-refractivity contribution in [3.63, 3.8) is 0 Å². The minimum Gasteiger partial charge on any atom is -0.289 e. The van der Waals surface area contributed by atoms with Crippen molar-refractivity contribution in [2.24, 2.45) is 0 Å². The molecule has 8 heteroatoms. The highest BCUT2D eigenvalue weighted by Gasteiger charge is 2.48. The highest BCUT2D eigenvalue weighted by molar-refractivity contribution is 8.00. The fraction of sp³-hybridized carbons (Fsp3) is 0.462. The third kappa shape index (κ3) is 3.08. The zero-order valence-electron chi connectivity index (χ0n) is 11.8. The van der Waals surface area contributed by atoms with Crippen LogP contribution in [0.1, 0.15) is 13.8 Å². The van der Waals surface area contributed by atoms with Crippen LogP contribution < -0.4 is 5.48 Å². The number of thioether (sulfide) groups is 1. The van der Waals surface area contributed by atoms with Crippen LogP contribution in [0.4, 0.5) is 0 Å². The molecule has 1 fully saturated rings. The highest BCUT2D eigenvalue weighted by Crippen LogP contribution is 2.38. The average molecular weight is 330 g/mol. The SMILES string of the molecule is CC1(C)SCCN(S(=O)(=O)c2ccccc2)[C@H]1C(=O)NO. The van der Waals surface area contributed by atoms with Crippen LogP contribution in [-0.4, -0.2) is 46.9 Å². The molecular weight excluding hydrogens is 312 g/mol. The van der Waals surface area contributed by atoms with Gasteiger partial charge in [0.15, 0.2) is 0 Å². The van der Waals surface area contributed by atoms with E-state index in [0.29, 0.717) is 5.75 Å². The quantitative estimate of drug-likeness (QED) is 0.640. The van der Waals surface area contributed by atoms with Gasteiger partial charge in [-0.2, -0.15) is 16.1 Å². The van der Waals surface area contributed by atoms with Gasteiger partial charge < -0.3 is 0 Å². The summed E-state index contributed by atoms with van der Waals surface area (Å²) >= 11 is 1.51. The van der Waals surface area contributed by atoms with E-state index in [1.807, 2.05) is 0 Å². The number of carbonyl (C=O) groups excluding carboxylic acids is 1. The van der Waals surface area contributed by atoms with Crippen molar-refractivity contribution in [2.75, 3.05) is 12.3 Å². The van der Waals surface area contributed by atoms with Crippen LogP contribution in [0.2, 0.25) is 0 Å². The lowest BCUT2D eigenvalue weighted by Gasteiger charge is -2.43. The van der Waals surface area contributed by atoms with Gasteiger partial charge in [-0.3, -0.25) is 10.0 Å². The monoisotopic (exact) mass is 330 g/mol. The van der Waals surface area contributed by atoms with Gasteiger partial charge >= 0.3 is 0 Å². The van der Waals surface area contributed by atoms with Gasteiger partial charge in [-0.15, -0.1) is 0 Å². The van der Waals surface area contributed by atoms with E-state index < -0.39 is 26.7 Å². The molecule has 0 radical (unpaired) electrons. The summed E-state index contributed by atoms with van der Waals surface area (Å²) in [6.07, 6.45) is 0. The van der Waals surface area contributed by atoms with Crippen LogP contribution >= 0.6 is 11.8 Å². The number of nitrogens with one attached hydrogen (secondary N) is 1. The molecule has 0 aromatic heterocycles. The Morgan fingerprint density at radius 2 is 2.00 bits per heavy atom. The number of benzene rings is 1. The molecule has 2 N–H and O–H groups in total. The van der Waals surface area contributed by atoms with Crippen molar-refractivity contribution in [1.29, 1.82) is 0 Å². The first-order chi connectivity index (χ1) is 9.80. The predicted molar refractivity (Wildman–Crippen MR) is 80.6 cm³/mol. The molecule has 1 amide bonds. The fourth-order valence-electron chi connectivity index (χ4n) is 2.45. The lowest BCUT2D eigenvalue weighted by Crippen LogP contribution is -2.61. The summed E-state index contributed by atoms with van der Waals surface area (Å²) in [6.45, 7) is 3.82. The lowest BCUT2D eigenvalue weighted by atomic mass is 10.0. The number of hydrogen-bond acceptors (Lipinski definition) is 5. The maximum Gasteiger partial charge on any atom is 0.263 e. The van der Waals surface area contributed by atoms with E-state index in [1.54, 1.807) is 37.5 Å². The van der Waals surface area contributed by atoms with Gasteiger partial charge in [0.2, 0.25) is 10.0 Å². The van der Waals surface area contributed by atoms with Crippen LogP contribution in [0.5, 0.6) is 0 Å². The van der Waals surface area contributed by atoms with E-state index in [0.717, 1.165) is 0 Å². The maximum atomic E-state index is 12.8. The standard InChI is InChI=1S/C13H18N2O4S2/c1-13(2)11(12(16)14-17)15(8-9-20-13)21(18,19)10-6-4-3-5-7-10/h3-7,11,17H,8-9H2,1-2H3,(H,14,16)/t11-/m0/s1. The molecule has 0 unspecified atom stereocenters. The normalized spacial score (nSPS) is 22.7. The molecule has 21 heavy (non-hydrogen) atoms. The summed E-state index contributed by atoms with van der Waals surface area (Å²) < 4.78 is 26.1. The molecule has 0 bridgehead atoms. The zero-order chi connectivity index (χ0) is 15.7. The highest BCUT2D eigenvalue weighted by atomic mass is 32.2. The van der Waals surface area contributed by atoms with Gasteiger partial charge in [0.1, 0.15) is 6.04 Å². The second-order valence-electron chi connectivity index (χ2n) is 5.26. The van der Waals surface area contributed by atoms with Crippen molar-refractivity contribution in [1.82, 2.24) is 9.79 Å². The second kappa shape index (κ2) is 5.96. The first-order valence-corrected chi connectivity index (χ1v) is 8.88. The zero-order valence-corrected chi connectivity index (χ0v) is 13.4. The van der Waals surface area contributed by atoms with Crippen molar-refractivity contribution < 1.29 is 18.4 Å². The van der Waals surface area contributed by atoms with Crippen molar-refractivity contribution in [3.05, 3.63) is 30.3 Å². The van der Waals surface area contributed by atoms with Gasteiger partial charge in [-0.1, -0.05) is 18.2 Å². The largest absolute Gasteiger partial charge is 0.289 e. The van der Waals surface area contributed by atoms with E-state index in [2.05, 4.69) is 0 Å². The van der Waals surface area contributed by atoms with Crippen LogP contribution in [0, 0.1) is 0 Å². The molecule has 1 aromatic rings. The summed E-state index contributed by atoms with van der Waals surface area (Å²) in [6, 6.07) is 7.03. The number of hydrogen-bond donors (Lipinski definition) is 2. The minimum atomic E-state index is -3.79. The second-order valence-corrected chi connectivity index (χ2v) is 8.90. The first kappa shape index (κ1) is 16.3. The maximum absolute atomic E-state index is 12.8. The summed E-state index contributed by atoms with van der Waals surface area (Å²) in [5.41, 5.74) is 1.59. The van der Waals surface area contributed by atoms with Crippen molar-refractivity contribution in [3.8, 4) is 0 Å². The topological polar surface area (TPSA) is 86.7 Å². The average Bonchev–Trinajstić information content (AvgIpc) is 2.46. The van der Waals surface area contributed by atoms with Crippen LogP contribution in [0.25, 0.3) is 0 Å². The van der Waals surface area contributed by atoms with E-state index in [-0.39, 0.29) is 11.4 Å². The number of rotatable bonds is 3. The molecule has 2 rings (SSSR count). The summed E-state index contributed by atoms with van der Waals surface area (Å²) in [4.78, 5) is 12.1. The molecule has 116 valence electrons. The summed E-state index contributed by atoms with van der Waals surface area (Å²) in [7, 11) is -3.79. The van der Waals surface area contributed by atoms with E-state index >= 15 is 0 Å². The van der Waals surface area contributed by atoms with Gasteiger partial charge in [-0.05, 0) is 26.0 Å². The summed E-state index contributed by atoms with van der Waals surface area (Å²) in [5.74, 6) is -0.124. The smallest absolute Gasteiger partial charge is 0.263 e. The Labute approximate surface area is 128 Å². The molecule has 0 aliphatic carbocycles. The molecule has 1 aromatic carbocycles. The Hall–Kier alpha value is -1.09. The fourth-order valence-corrected chi connectivity index (χ4v) is 5.58. The Morgan fingerprint density at radius 1 is 1.38 bits per heavy atom. The number of amides is 1. The molecule has 1 aliphatic heterocycles.